The molecular formula is C54H39F9N12O6. The molecule has 0 atom stereocenters. The van der Waals surface area contributed by atoms with E-state index < -0.39 is 36.8 Å². The first-order chi connectivity index (χ1) is 38.4. The third kappa shape index (κ3) is 18.4. The largest absolute Gasteiger partial charge is 0.573 e. The number of ether oxygens (including phenoxy) is 3. The van der Waals surface area contributed by atoms with Gasteiger partial charge in [0.15, 0.2) is 0 Å². The van der Waals surface area contributed by atoms with Gasteiger partial charge in [0, 0.05) is 68.6 Å². The lowest BCUT2D eigenvalue weighted by Crippen LogP contribution is -2.17. The summed E-state index contributed by atoms with van der Waals surface area (Å²) in [5.74, 6) is -1.34. The Morgan fingerprint density at radius 2 is 0.593 bits per heavy atom. The van der Waals surface area contributed by atoms with Gasteiger partial charge in [0.05, 0.1) is 17.1 Å². The van der Waals surface area contributed by atoms with Crippen LogP contribution in [0.2, 0.25) is 0 Å². The van der Waals surface area contributed by atoms with Crippen LogP contribution in [0.3, 0.4) is 0 Å². The first kappa shape index (κ1) is 57.8. The summed E-state index contributed by atoms with van der Waals surface area (Å²) in [6, 6.07) is 40.6. The van der Waals surface area contributed by atoms with Crippen LogP contribution in [0.1, 0.15) is 31.1 Å². The number of hydrogen-bond donors (Lipinski definition) is 6. The Morgan fingerprint density at radius 3 is 0.815 bits per heavy atom. The van der Waals surface area contributed by atoms with Crippen molar-refractivity contribution in [3.63, 3.8) is 0 Å². The Labute approximate surface area is 451 Å². The Morgan fingerprint density at radius 1 is 0.346 bits per heavy atom. The minimum Gasteiger partial charge on any atom is -0.406 e. The number of anilines is 6. The number of hydrogen-bond acceptors (Lipinski definition) is 15. The van der Waals surface area contributed by atoms with Crippen molar-refractivity contribution < 1.29 is 68.1 Å². The van der Waals surface area contributed by atoms with Crippen molar-refractivity contribution in [2.75, 3.05) is 16.0 Å². The van der Waals surface area contributed by atoms with Gasteiger partial charge in [-0.25, -0.2) is 29.9 Å². The van der Waals surface area contributed by atoms with E-state index in [0.717, 1.165) is 0 Å². The number of nitrogens with zero attached hydrogens (tertiary/aromatic N) is 6. The quantitative estimate of drug-likeness (QED) is 0.0521. The minimum absolute atomic E-state index is 0.320. The highest BCUT2D eigenvalue weighted by Crippen LogP contribution is 2.30. The summed E-state index contributed by atoms with van der Waals surface area (Å²) in [4.78, 5) is 58.6. The smallest absolute Gasteiger partial charge is 0.406 e. The molecule has 414 valence electrons. The maximum atomic E-state index is 12.2. The normalized spacial score (nSPS) is 11.1. The number of rotatable bonds is 15. The minimum atomic E-state index is -4.74. The Kier molecular flexibility index (Phi) is 18.2. The maximum Gasteiger partial charge on any atom is 0.573 e. The molecule has 9 aromatic rings. The molecule has 18 nitrogen and oxygen atoms in total. The van der Waals surface area contributed by atoms with E-state index in [2.05, 4.69) is 60.1 Å². The van der Waals surface area contributed by atoms with Gasteiger partial charge in [-0.1, -0.05) is 36.4 Å². The number of amides is 3. The van der Waals surface area contributed by atoms with Crippen molar-refractivity contribution in [1.29, 1.82) is 0 Å². The SMILES string of the molecule is NC(=O)c1cccc(-c2cc(Nc3ccc(OC(F)(F)F)cc3)ncn2)c1.NC(=O)c1cccc(-c2cc(Nc3ccc(OC(F)(F)F)cc3)ncn2)c1.NC(=O)c1cccc(-c2cc(Nc3ccc(OC(F)(F)F)cc3)ncn2)c1. The highest BCUT2D eigenvalue weighted by Gasteiger charge is 2.32. The second kappa shape index (κ2) is 25.5. The molecule has 0 bridgehead atoms. The predicted octanol–water partition coefficient (Wildman–Crippen LogP) is 11.7. The zero-order valence-corrected chi connectivity index (χ0v) is 41.1. The van der Waals surface area contributed by atoms with Crippen LogP contribution in [0.25, 0.3) is 33.8 Å². The molecule has 3 aromatic heterocycles. The van der Waals surface area contributed by atoms with E-state index >= 15 is 0 Å². The van der Waals surface area contributed by atoms with E-state index in [9.17, 15) is 53.9 Å². The van der Waals surface area contributed by atoms with Crippen molar-refractivity contribution in [3.8, 4) is 51.0 Å². The number of carbonyl (C=O) groups is 3. The summed E-state index contributed by atoms with van der Waals surface area (Å²) in [5, 5.41) is 8.89. The first-order valence-corrected chi connectivity index (χ1v) is 23.0. The molecule has 0 saturated carbocycles. The van der Waals surface area contributed by atoms with Crippen molar-refractivity contribution >= 4 is 52.2 Å². The lowest BCUT2D eigenvalue weighted by atomic mass is 10.1. The van der Waals surface area contributed by atoms with E-state index in [1.807, 2.05) is 0 Å². The van der Waals surface area contributed by atoms with Gasteiger partial charge in [0.25, 0.3) is 0 Å². The van der Waals surface area contributed by atoms with Crippen molar-refractivity contribution in [3.05, 3.63) is 199 Å². The van der Waals surface area contributed by atoms with Crippen LogP contribution in [0, 0.1) is 0 Å². The molecule has 3 amide bonds. The van der Waals surface area contributed by atoms with Gasteiger partial charge < -0.3 is 47.4 Å². The molecule has 0 aliphatic carbocycles. The van der Waals surface area contributed by atoms with E-state index in [4.69, 9.17) is 17.2 Å². The van der Waals surface area contributed by atoms with Gasteiger partial charge in [-0.2, -0.15) is 0 Å². The third-order valence-corrected chi connectivity index (χ3v) is 10.4. The number of aromatic nitrogens is 6. The molecule has 0 aliphatic rings. The van der Waals surface area contributed by atoms with Gasteiger partial charge in [-0.3, -0.25) is 14.4 Å². The van der Waals surface area contributed by atoms with Crippen LogP contribution in [-0.2, 0) is 0 Å². The Bertz CT molecular complexity index is 3250. The third-order valence-electron chi connectivity index (χ3n) is 10.4. The van der Waals surface area contributed by atoms with Crippen LogP contribution in [0.5, 0.6) is 17.2 Å². The van der Waals surface area contributed by atoms with Gasteiger partial charge in [-0.05, 0) is 109 Å². The molecule has 0 saturated heterocycles. The van der Waals surface area contributed by atoms with E-state index in [1.165, 1.54) is 91.8 Å². The molecule has 0 aliphatic heterocycles. The Hall–Kier alpha value is -10.9. The fourth-order valence-corrected chi connectivity index (χ4v) is 6.91. The number of carbonyl (C=O) groups excluding carboxylic acids is 3. The number of alkyl halides is 9. The number of benzene rings is 6. The first-order valence-electron chi connectivity index (χ1n) is 23.0. The lowest BCUT2D eigenvalue weighted by molar-refractivity contribution is -0.275. The maximum absolute atomic E-state index is 12.2. The molecule has 3 heterocycles. The number of primary amides is 3. The van der Waals surface area contributed by atoms with Crippen LogP contribution in [0.4, 0.5) is 74.0 Å². The summed E-state index contributed by atoms with van der Waals surface area (Å²) < 4.78 is 121. The molecular weight excluding hydrogens is 1080 g/mol. The highest BCUT2D eigenvalue weighted by molar-refractivity contribution is 5.95. The van der Waals surface area contributed by atoms with Crippen LogP contribution in [0.15, 0.2) is 183 Å². The van der Waals surface area contributed by atoms with Crippen LogP contribution in [-0.4, -0.2) is 66.7 Å². The van der Waals surface area contributed by atoms with Crippen LogP contribution < -0.4 is 47.4 Å². The molecule has 0 spiro atoms. The molecule has 9 rings (SSSR count). The molecule has 81 heavy (non-hydrogen) atoms. The molecule has 0 fully saturated rings. The topological polar surface area (TPSA) is 270 Å². The molecule has 27 heteroatoms. The highest BCUT2D eigenvalue weighted by atomic mass is 19.4. The van der Waals surface area contributed by atoms with Gasteiger partial charge in [0.2, 0.25) is 17.7 Å². The van der Waals surface area contributed by atoms with E-state index in [1.54, 1.807) is 91.0 Å². The second-order valence-corrected chi connectivity index (χ2v) is 16.3. The molecule has 0 unspecified atom stereocenters. The fourth-order valence-electron chi connectivity index (χ4n) is 6.91. The Balaban J connectivity index is 0.000000175. The predicted molar refractivity (Wildman–Crippen MR) is 277 cm³/mol. The van der Waals surface area contributed by atoms with Gasteiger partial charge in [0.1, 0.15) is 53.7 Å². The molecule has 6 aromatic carbocycles. The zero-order valence-electron chi connectivity index (χ0n) is 41.1. The summed E-state index contributed by atoms with van der Waals surface area (Å²) in [5.41, 5.74) is 22.1. The van der Waals surface area contributed by atoms with Crippen LogP contribution >= 0.6 is 0 Å². The average Bonchev–Trinajstić information content (AvgIpc) is 3.52. The van der Waals surface area contributed by atoms with E-state index in [0.29, 0.717) is 85.0 Å². The standard InChI is InChI=1S/3C18H13F3N4O2/c3*19-18(20,21)27-14-6-4-13(5-7-14)25-16-9-15(23-10-24-16)11-2-1-3-12(8-11)17(22)26/h3*1-10H,(H2,22,26)(H,23,24,25). The number of nitrogens with one attached hydrogen (secondary N) is 3. The summed E-state index contributed by atoms with van der Waals surface area (Å²) >= 11 is 0. The fraction of sp³-hybridized carbons (Fsp3) is 0.0556. The summed E-state index contributed by atoms with van der Waals surface area (Å²) in [7, 11) is 0. The summed E-state index contributed by atoms with van der Waals surface area (Å²) in [6.07, 6.45) is -10.2. The van der Waals surface area contributed by atoms with E-state index in [-0.39, 0.29) is 17.2 Å². The van der Waals surface area contributed by atoms with Gasteiger partial charge in [-0.15, -0.1) is 39.5 Å². The second-order valence-electron chi connectivity index (χ2n) is 16.3. The average molecular weight is 1120 g/mol. The van der Waals surface area contributed by atoms with Crippen molar-refractivity contribution in [2.24, 2.45) is 17.2 Å². The number of nitrogens with two attached hydrogens (primary N) is 3. The lowest BCUT2D eigenvalue weighted by Gasteiger charge is -2.10. The summed E-state index contributed by atoms with van der Waals surface area (Å²) in [6.45, 7) is 0. The van der Waals surface area contributed by atoms with Gasteiger partial charge >= 0.3 is 19.1 Å². The van der Waals surface area contributed by atoms with Crippen molar-refractivity contribution in [2.45, 2.75) is 19.1 Å². The molecule has 9 N–H and O–H groups in total. The monoisotopic (exact) mass is 1120 g/mol. The molecule has 0 radical (unpaired) electrons. The van der Waals surface area contributed by atoms with Crippen molar-refractivity contribution in [1.82, 2.24) is 29.9 Å². The number of halogens is 9. The zero-order chi connectivity index (χ0) is 58.3.